The Morgan fingerprint density at radius 1 is 1.24 bits per heavy atom. The minimum absolute atomic E-state index is 0.179. The Morgan fingerprint density at radius 2 is 1.95 bits per heavy atom. The summed E-state index contributed by atoms with van der Waals surface area (Å²) in [5, 5.41) is 0. The molecule has 0 unspecified atom stereocenters. The van der Waals surface area contributed by atoms with Crippen LogP contribution in [0.2, 0.25) is 0 Å². The van der Waals surface area contributed by atoms with E-state index < -0.39 is 5.97 Å². The van der Waals surface area contributed by atoms with Gasteiger partial charge in [0.2, 0.25) is 5.91 Å². The van der Waals surface area contributed by atoms with E-state index in [9.17, 15) is 9.59 Å². The van der Waals surface area contributed by atoms with E-state index in [-0.39, 0.29) is 5.91 Å². The van der Waals surface area contributed by atoms with E-state index in [1.807, 2.05) is 30.3 Å². The first-order valence-electron chi connectivity index (χ1n) is 6.57. The molecule has 2 aromatic rings. The predicted octanol–water partition coefficient (Wildman–Crippen LogP) is 2.32. The van der Waals surface area contributed by atoms with Crippen molar-refractivity contribution >= 4 is 17.7 Å². The number of rotatable bonds is 5. The van der Waals surface area contributed by atoms with Gasteiger partial charge < -0.3 is 9.72 Å². The molecule has 0 bridgehead atoms. The quantitative estimate of drug-likeness (QED) is 0.582. The van der Waals surface area contributed by atoms with Crippen LogP contribution in [0.5, 0.6) is 0 Å². The van der Waals surface area contributed by atoms with Crippen LogP contribution in [0, 0.1) is 0 Å². The van der Waals surface area contributed by atoms with Crippen molar-refractivity contribution in [3.05, 3.63) is 42.0 Å². The number of benzene rings is 1. The highest BCUT2D eigenvalue weighted by molar-refractivity contribution is 5.97. The first-order chi connectivity index (χ1) is 10.2. The lowest BCUT2D eigenvalue weighted by Gasteiger charge is -2.07. The highest BCUT2D eigenvalue weighted by Crippen LogP contribution is 2.25. The van der Waals surface area contributed by atoms with Crippen LogP contribution < -0.4 is 10.9 Å². The van der Waals surface area contributed by atoms with Crippen LogP contribution >= 0.6 is 0 Å². The number of ether oxygens (including phenoxy) is 1. The number of hydrogen-bond acceptors (Lipinski definition) is 4. The van der Waals surface area contributed by atoms with Crippen LogP contribution in [0.3, 0.4) is 0 Å². The van der Waals surface area contributed by atoms with Crippen molar-refractivity contribution in [3.8, 4) is 11.3 Å². The summed E-state index contributed by atoms with van der Waals surface area (Å²) in [5.41, 5.74) is 7.23. The van der Waals surface area contributed by atoms with Crippen molar-refractivity contribution in [1.82, 2.24) is 10.4 Å². The van der Waals surface area contributed by atoms with Gasteiger partial charge in [-0.3, -0.25) is 15.6 Å². The number of aromatic nitrogens is 1. The zero-order chi connectivity index (χ0) is 15.2. The van der Waals surface area contributed by atoms with Gasteiger partial charge in [0.15, 0.2) is 0 Å². The van der Waals surface area contributed by atoms with Crippen LogP contribution in [0.25, 0.3) is 11.3 Å². The lowest BCUT2D eigenvalue weighted by atomic mass is 10.1. The van der Waals surface area contributed by atoms with Crippen LogP contribution in [-0.2, 0) is 9.53 Å². The molecule has 6 nitrogen and oxygen atoms in total. The van der Waals surface area contributed by atoms with Crippen molar-refractivity contribution in [2.75, 3.05) is 12.5 Å². The number of aromatic amines is 1. The third-order valence-corrected chi connectivity index (χ3v) is 2.96. The summed E-state index contributed by atoms with van der Waals surface area (Å²) < 4.78 is 4.75. The minimum Gasteiger partial charge on any atom is -0.465 e. The van der Waals surface area contributed by atoms with Crippen LogP contribution in [0.4, 0.5) is 5.82 Å². The van der Waals surface area contributed by atoms with Crippen molar-refractivity contribution in [2.45, 2.75) is 13.3 Å². The Hall–Kier alpha value is -2.76. The highest BCUT2D eigenvalue weighted by Gasteiger charge is 2.17. The number of carbonyl (C=O) groups excluding carboxylic acids is 2. The Balaban J connectivity index is 2.31. The molecule has 0 aliphatic carbocycles. The number of amides is 1. The first-order valence-corrected chi connectivity index (χ1v) is 6.57. The maximum Gasteiger partial charge on any atom is 0.341 e. The number of methoxy groups -OCH3 is 1. The molecule has 1 heterocycles. The van der Waals surface area contributed by atoms with E-state index in [1.54, 1.807) is 13.0 Å². The largest absolute Gasteiger partial charge is 0.465 e. The highest BCUT2D eigenvalue weighted by atomic mass is 16.5. The second-order valence-electron chi connectivity index (χ2n) is 4.36. The van der Waals surface area contributed by atoms with Gasteiger partial charge in [-0.25, -0.2) is 4.79 Å². The number of nitrogens with one attached hydrogen (secondary N) is 3. The first kappa shape index (κ1) is 14.6. The fraction of sp³-hybridized carbons (Fsp3) is 0.200. The van der Waals surface area contributed by atoms with Crippen LogP contribution in [-0.4, -0.2) is 24.0 Å². The fourth-order valence-corrected chi connectivity index (χ4v) is 1.82. The third kappa shape index (κ3) is 3.42. The second-order valence-corrected chi connectivity index (χ2v) is 4.36. The summed E-state index contributed by atoms with van der Waals surface area (Å²) in [7, 11) is 1.31. The molecule has 0 aliphatic heterocycles. The molecule has 1 aromatic heterocycles. The predicted molar refractivity (Wildman–Crippen MR) is 79.6 cm³/mol. The Labute approximate surface area is 122 Å². The lowest BCUT2D eigenvalue weighted by molar-refractivity contribution is -0.120. The number of H-pyrrole nitrogens is 1. The number of anilines is 1. The molecule has 3 N–H and O–H groups in total. The molecule has 0 atom stereocenters. The molecule has 6 heteroatoms. The Morgan fingerprint density at radius 3 is 2.57 bits per heavy atom. The van der Waals surface area contributed by atoms with E-state index in [1.165, 1.54) is 7.11 Å². The van der Waals surface area contributed by atoms with Crippen LogP contribution in [0.1, 0.15) is 23.7 Å². The number of hydrogen-bond donors (Lipinski definition) is 3. The molecule has 0 aliphatic rings. The summed E-state index contributed by atoms with van der Waals surface area (Å²) >= 11 is 0. The normalized spacial score (nSPS) is 10.0. The van der Waals surface area contributed by atoms with E-state index in [0.717, 1.165) is 11.3 Å². The summed E-state index contributed by atoms with van der Waals surface area (Å²) in [6.45, 7) is 1.74. The molecule has 1 amide bonds. The van der Waals surface area contributed by atoms with E-state index in [0.29, 0.717) is 17.8 Å². The van der Waals surface area contributed by atoms with Crippen molar-refractivity contribution in [1.29, 1.82) is 0 Å². The van der Waals surface area contributed by atoms with Crippen molar-refractivity contribution in [3.63, 3.8) is 0 Å². The second kappa shape index (κ2) is 6.60. The lowest BCUT2D eigenvalue weighted by Crippen LogP contribution is -2.29. The van der Waals surface area contributed by atoms with Gasteiger partial charge in [-0.05, 0) is 11.6 Å². The maximum absolute atomic E-state index is 11.8. The molecule has 0 radical (unpaired) electrons. The molecule has 0 fully saturated rings. The maximum atomic E-state index is 11.8. The number of carbonyl (C=O) groups is 2. The number of esters is 1. The van der Waals surface area contributed by atoms with Gasteiger partial charge in [-0.2, -0.15) is 0 Å². The molecular weight excluding hydrogens is 270 g/mol. The third-order valence-electron chi connectivity index (χ3n) is 2.96. The van der Waals surface area contributed by atoms with Gasteiger partial charge >= 0.3 is 5.97 Å². The smallest absolute Gasteiger partial charge is 0.341 e. The van der Waals surface area contributed by atoms with Crippen LogP contribution in [0.15, 0.2) is 36.4 Å². The molecule has 110 valence electrons. The van der Waals surface area contributed by atoms with Gasteiger partial charge in [0.25, 0.3) is 0 Å². The average Bonchev–Trinajstić information content (AvgIpc) is 2.96. The summed E-state index contributed by atoms with van der Waals surface area (Å²) in [5.74, 6) is -0.272. The molecule has 21 heavy (non-hydrogen) atoms. The monoisotopic (exact) mass is 287 g/mol. The topological polar surface area (TPSA) is 83.2 Å². The standard InChI is InChI=1S/C15H17N3O3/c1-3-13(19)17-18-14-11(15(20)21-2)9-12(16-14)10-7-5-4-6-8-10/h4-9,16,18H,3H2,1-2H3,(H,17,19). The molecule has 0 spiro atoms. The summed E-state index contributed by atoms with van der Waals surface area (Å²) in [6.07, 6.45) is 0.340. The zero-order valence-corrected chi connectivity index (χ0v) is 11.9. The molecule has 1 aromatic carbocycles. The number of hydrazine groups is 1. The van der Waals surface area contributed by atoms with Gasteiger partial charge in [0.05, 0.1) is 7.11 Å². The van der Waals surface area contributed by atoms with E-state index in [2.05, 4.69) is 15.8 Å². The summed E-state index contributed by atoms with van der Waals surface area (Å²) in [6, 6.07) is 11.2. The van der Waals surface area contributed by atoms with Crippen molar-refractivity contribution < 1.29 is 14.3 Å². The van der Waals surface area contributed by atoms with E-state index in [4.69, 9.17) is 4.74 Å². The average molecular weight is 287 g/mol. The molecular formula is C15H17N3O3. The Bertz CT molecular complexity index is 635. The van der Waals surface area contributed by atoms with E-state index >= 15 is 0 Å². The Kier molecular flexibility index (Phi) is 4.61. The van der Waals surface area contributed by atoms with Gasteiger partial charge in [0.1, 0.15) is 11.4 Å². The molecule has 2 rings (SSSR count). The SMILES string of the molecule is CCC(=O)NNc1[nH]c(-c2ccccc2)cc1C(=O)OC. The zero-order valence-electron chi connectivity index (χ0n) is 11.9. The molecule has 0 saturated heterocycles. The minimum atomic E-state index is -0.485. The summed E-state index contributed by atoms with van der Waals surface area (Å²) in [4.78, 5) is 26.2. The van der Waals surface area contributed by atoms with Gasteiger partial charge in [-0.1, -0.05) is 37.3 Å². The van der Waals surface area contributed by atoms with Gasteiger partial charge in [-0.15, -0.1) is 0 Å². The van der Waals surface area contributed by atoms with Crippen molar-refractivity contribution in [2.24, 2.45) is 0 Å². The van der Waals surface area contributed by atoms with Gasteiger partial charge in [0, 0.05) is 12.1 Å². The fourth-order valence-electron chi connectivity index (χ4n) is 1.82. The molecule has 0 saturated carbocycles.